The highest BCUT2D eigenvalue weighted by atomic mass is 35.5. The van der Waals surface area contributed by atoms with Gasteiger partial charge in [0.05, 0.1) is 29.4 Å². The van der Waals surface area contributed by atoms with E-state index in [-0.39, 0.29) is 29.7 Å². The summed E-state index contributed by atoms with van der Waals surface area (Å²) in [6.45, 7) is 2.95. The molecule has 180 valence electrons. The number of rotatable bonds is 10. The number of ether oxygens (including phenoxy) is 1. The van der Waals surface area contributed by atoms with Crippen molar-refractivity contribution in [2.24, 2.45) is 5.92 Å². The van der Waals surface area contributed by atoms with Crippen molar-refractivity contribution >= 4 is 39.9 Å². The van der Waals surface area contributed by atoms with Crippen molar-refractivity contribution in [2.75, 3.05) is 25.1 Å². The van der Waals surface area contributed by atoms with E-state index in [0.717, 1.165) is 24.9 Å². The van der Waals surface area contributed by atoms with Crippen LogP contribution in [0.3, 0.4) is 0 Å². The number of hydrogen-bond acceptors (Lipinski definition) is 6. The first kappa shape index (κ1) is 24.2. The van der Waals surface area contributed by atoms with Gasteiger partial charge in [-0.2, -0.15) is 0 Å². The number of ketones is 1. The molecule has 2 unspecified atom stereocenters. The number of halogens is 1. The van der Waals surface area contributed by atoms with E-state index in [0.29, 0.717) is 28.9 Å². The topological polar surface area (TPSA) is 81.5 Å². The van der Waals surface area contributed by atoms with Crippen molar-refractivity contribution in [2.45, 2.75) is 51.5 Å². The molecule has 0 spiro atoms. The zero-order chi connectivity index (χ0) is 24.2. The number of anilines is 1. The molecule has 0 bridgehead atoms. The predicted octanol–water partition coefficient (Wildman–Crippen LogP) is 4.78. The summed E-state index contributed by atoms with van der Waals surface area (Å²) in [6, 6.07) is 4.98. The van der Waals surface area contributed by atoms with E-state index in [4.69, 9.17) is 16.3 Å². The van der Waals surface area contributed by atoms with Gasteiger partial charge in [-0.25, -0.2) is 4.98 Å². The van der Waals surface area contributed by atoms with E-state index in [1.165, 1.54) is 17.4 Å². The first-order valence-corrected chi connectivity index (χ1v) is 12.3. The maximum Gasteiger partial charge on any atom is 0.305 e. The summed E-state index contributed by atoms with van der Waals surface area (Å²) in [4.78, 5) is 44.5. The molecule has 1 aliphatic carbocycles. The maximum atomic E-state index is 13.2. The molecule has 0 fully saturated rings. The van der Waals surface area contributed by atoms with Gasteiger partial charge >= 0.3 is 5.97 Å². The smallest absolute Gasteiger partial charge is 0.305 e. The number of carbonyl (C=O) groups is 2. The molecule has 1 aliphatic heterocycles. The van der Waals surface area contributed by atoms with Gasteiger partial charge in [-0.3, -0.25) is 19.0 Å². The summed E-state index contributed by atoms with van der Waals surface area (Å²) < 4.78 is 6.84. The molecule has 34 heavy (non-hydrogen) atoms. The normalized spacial score (nSPS) is 18.6. The average molecular weight is 484 g/mol. The van der Waals surface area contributed by atoms with E-state index in [1.807, 2.05) is 18.0 Å². The zero-order valence-corrected chi connectivity index (χ0v) is 20.4. The predicted molar refractivity (Wildman–Crippen MR) is 134 cm³/mol. The van der Waals surface area contributed by atoms with Crippen LogP contribution in [0.25, 0.3) is 10.9 Å². The molecule has 2 aliphatic rings. The number of allylic oxidation sites excluding steroid dienone is 4. The van der Waals surface area contributed by atoms with Crippen molar-refractivity contribution in [3.05, 3.63) is 57.6 Å². The number of fused-ring (bicyclic) bond motifs is 4. The third-order valence-electron chi connectivity index (χ3n) is 6.48. The Balaban J connectivity index is 1.42. The van der Waals surface area contributed by atoms with Crippen LogP contribution in [0.15, 0.2) is 46.3 Å². The molecule has 2 heterocycles. The fourth-order valence-electron chi connectivity index (χ4n) is 4.51. The Kier molecular flexibility index (Phi) is 7.51. The highest BCUT2D eigenvalue weighted by molar-refractivity contribution is 6.31. The lowest BCUT2D eigenvalue weighted by Crippen LogP contribution is -2.26. The molecule has 2 atom stereocenters. The van der Waals surface area contributed by atoms with E-state index >= 15 is 0 Å². The molecule has 0 radical (unpaired) electrons. The van der Waals surface area contributed by atoms with Crippen LogP contribution in [-0.2, 0) is 9.53 Å². The Morgan fingerprint density at radius 1 is 1.21 bits per heavy atom. The van der Waals surface area contributed by atoms with Crippen LogP contribution < -0.4 is 10.5 Å². The van der Waals surface area contributed by atoms with Crippen molar-refractivity contribution in [3.63, 3.8) is 0 Å². The van der Waals surface area contributed by atoms with Crippen LogP contribution >= 0.6 is 11.6 Å². The van der Waals surface area contributed by atoms with Gasteiger partial charge in [-0.15, -0.1) is 0 Å². The Morgan fingerprint density at radius 2 is 2.00 bits per heavy atom. The molecular formula is C26H30ClN3O4. The van der Waals surface area contributed by atoms with Crippen LogP contribution in [0.1, 0.15) is 62.1 Å². The van der Waals surface area contributed by atoms with Crippen LogP contribution in [-0.4, -0.2) is 41.5 Å². The lowest BCUT2D eigenvalue weighted by molar-refractivity contribution is -0.143. The maximum absolute atomic E-state index is 13.2. The number of unbranched alkanes of at least 4 members (excludes halogenated alkanes) is 4. The number of benzene rings is 1. The average Bonchev–Trinajstić information content (AvgIpc) is 3.10. The molecular weight excluding hydrogens is 454 g/mol. The fourth-order valence-corrected chi connectivity index (χ4v) is 4.72. The number of hydrogen-bond donors (Lipinski definition) is 0. The van der Waals surface area contributed by atoms with Crippen LogP contribution in [0.2, 0.25) is 0 Å². The molecule has 0 N–H and O–H groups in total. The van der Waals surface area contributed by atoms with Gasteiger partial charge in [-0.1, -0.05) is 56.4 Å². The fraction of sp³-hybridized carbons (Fsp3) is 0.462. The number of likely N-dealkylation sites (N-methyl/N-ethyl adjacent to an activating group) is 1. The molecule has 4 rings (SSSR count). The first-order chi connectivity index (χ1) is 16.4. The number of aromatic nitrogens is 2. The molecule has 7 nitrogen and oxygen atoms in total. The van der Waals surface area contributed by atoms with Crippen molar-refractivity contribution < 1.29 is 14.3 Å². The van der Waals surface area contributed by atoms with Gasteiger partial charge in [0.15, 0.2) is 5.82 Å². The van der Waals surface area contributed by atoms with Crippen molar-refractivity contribution in [3.8, 4) is 0 Å². The number of carbonyl (C=O) groups excluding carboxylic acids is 2. The van der Waals surface area contributed by atoms with Gasteiger partial charge < -0.3 is 9.64 Å². The van der Waals surface area contributed by atoms with Gasteiger partial charge in [0.2, 0.25) is 5.78 Å². The van der Waals surface area contributed by atoms with E-state index in [1.54, 1.807) is 30.4 Å². The monoisotopic (exact) mass is 483 g/mol. The van der Waals surface area contributed by atoms with Gasteiger partial charge in [0, 0.05) is 24.2 Å². The van der Waals surface area contributed by atoms with Crippen LogP contribution in [0.5, 0.6) is 0 Å². The molecule has 8 heteroatoms. The Labute approximate surface area is 204 Å². The summed E-state index contributed by atoms with van der Waals surface area (Å²) in [5.41, 5.74) is 1.06. The highest BCUT2D eigenvalue weighted by Crippen LogP contribution is 2.36. The minimum absolute atomic E-state index is 0.160. The van der Waals surface area contributed by atoms with Crippen molar-refractivity contribution in [1.82, 2.24) is 9.55 Å². The van der Waals surface area contributed by atoms with E-state index in [9.17, 15) is 14.4 Å². The largest absolute Gasteiger partial charge is 0.464 e. The standard InChI is InChI=1S/C26H30ClN3O4/c1-3-4-5-6-7-8-23(31)34-14-13-29(2)18-10-11-19-21(16-18)28-25-24(32)20-15-17(27)9-12-22(20)30(25)26(19)33/h9-12,15-16,20,22H,3-8,13-14H2,1-2H3. The summed E-state index contributed by atoms with van der Waals surface area (Å²) in [5, 5.41) is 0.944. The first-order valence-electron chi connectivity index (χ1n) is 11.9. The molecule has 0 amide bonds. The quantitative estimate of drug-likeness (QED) is 0.357. The van der Waals surface area contributed by atoms with E-state index in [2.05, 4.69) is 11.9 Å². The van der Waals surface area contributed by atoms with Gasteiger partial charge in [0.25, 0.3) is 5.56 Å². The number of Topliss-reactive ketones (excluding diaryl/α,β-unsaturated/α-hetero) is 1. The molecule has 1 aromatic carbocycles. The Hall–Kier alpha value is -2.93. The molecule has 0 saturated heterocycles. The second-order valence-corrected chi connectivity index (χ2v) is 9.35. The van der Waals surface area contributed by atoms with E-state index < -0.39 is 12.0 Å². The van der Waals surface area contributed by atoms with Crippen molar-refractivity contribution in [1.29, 1.82) is 0 Å². The van der Waals surface area contributed by atoms with Crippen LogP contribution in [0, 0.1) is 5.92 Å². The number of esters is 1. The summed E-state index contributed by atoms with van der Waals surface area (Å²) in [5.74, 6) is -0.714. The minimum atomic E-state index is -0.502. The highest BCUT2D eigenvalue weighted by Gasteiger charge is 2.41. The lowest BCUT2D eigenvalue weighted by Gasteiger charge is -2.20. The third kappa shape index (κ3) is 4.94. The summed E-state index contributed by atoms with van der Waals surface area (Å²) in [6.07, 6.45) is 11.1. The molecule has 1 aromatic heterocycles. The molecule has 2 aromatic rings. The van der Waals surface area contributed by atoms with Crippen LogP contribution in [0.4, 0.5) is 5.69 Å². The summed E-state index contributed by atoms with van der Waals surface area (Å²) in [7, 11) is 1.89. The Morgan fingerprint density at radius 3 is 2.79 bits per heavy atom. The SMILES string of the molecule is CCCCCCCC(=O)OCCN(C)c1ccc2c(=O)n3c(nc2c1)C(=O)C1C=C(Cl)C=CC13. The second-order valence-electron chi connectivity index (χ2n) is 8.91. The minimum Gasteiger partial charge on any atom is -0.464 e. The van der Waals surface area contributed by atoms with Gasteiger partial charge in [-0.05, 0) is 30.7 Å². The number of nitrogens with zero attached hydrogens (tertiary/aromatic N) is 3. The Bertz CT molecular complexity index is 1220. The second kappa shape index (κ2) is 10.6. The summed E-state index contributed by atoms with van der Waals surface area (Å²) >= 11 is 6.07. The zero-order valence-electron chi connectivity index (χ0n) is 19.6. The van der Waals surface area contributed by atoms with Gasteiger partial charge in [0.1, 0.15) is 6.61 Å². The lowest BCUT2D eigenvalue weighted by atomic mass is 9.94. The third-order valence-corrected chi connectivity index (χ3v) is 6.73. The molecule has 0 saturated carbocycles.